The molecule has 0 bridgehead atoms. The molecule has 11 heteroatoms. The van der Waals surface area contributed by atoms with Gasteiger partial charge in [0.15, 0.2) is 5.82 Å². The lowest BCUT2D eigenvalue weighted by molar-refractivity contribution is 0.152. The largest absolute Gasteiger partial charge is 0.383 e. The number of anilines is 1. The number of nitrogens with one attached hydrogen (secondary N) is 1. The van der Waals surface area contributed by atoms with Gasteiger partial charge in [-0.25, -0.2) is 19.7 Å². The number of hydrogen-bond donors (Lipinski definition) is 2. The zero-order chi connectivity index (χ0) is 27.4. The molecular formula is C28H29ClFN7O2. The summed E-state index contributed by atoms with van der Waals surface area (Å²) in [5, 5.41) is 9.04. The Kier molecular flexibility index (Phi) is 8.18. The SMILES string of the molecule is COCCN1C[C@@H](N(N)C(=O)Nc2c(Cl)c(-c3ccccc3)nn2-c2ccccc2)[C@H](c2cncc(F)c2)C1. The molecule has 3 N–H and O–H groups in total. The maximum atomic E-state index is 14.0. The maximum absolute atomic E-state index is 14.0. The van der Waals surface area contributed by atoms with Crippen molar-refractivity contribution in [2.24, 2.45) is 5.84 Å². The minimum Gasteiger partial charge on any atom is -0.383 e. The molecule has 2 aromatic heterocycles. The van der Waals surface area contributed by atoms with Gasteiger partial charge in [0, 0.05) is 44.4 Å². The van der Waals surface area contributed by atoms with Crippen molar-refractivity contribution in [2.75, 3.05) is 38.7 Å². The molecule has 0 unspecified atom stereocenters. The normalized spacial score (nSPS) is 17.3. The molecule has 2 amide bonds. The smallest absolute Gasteiger partial charge is 0.337 e. The summed E-state index contributed by atoms with van der Waals surface area (Å²) in [4.78, 5) is 19.7. The third-order valence-corrected chi connectivity index (χ3v) is 7.18. The number of hydrazine groups is 1. The highest BCUT2D eigenvalue weighted by Crippen LogP contribution is 2.36. The van der Waals surface area contributed by atoms with Gasteiger partial charge in [0.25, 0.3) is 0 Å². The molecule has 39 heavy (non-hydrogen) atoms. The number of nitrogens with zero attached hydrogens (tertiary/aromatic N) is 5. The summed E-state index contributed by atoms with van der Waals surface area (Å²) in [5.74, 6) is 6.05. The van der Waals surface area contributed by atoms with Crippen LogP contribution in [0.15, 0.2) is 79.1 Å². The Morgan fingerprint density at radius 1 is 1.15 bits per heavy atom. The molecule has 1 saturated heterocycles. The standard InChI is InChI=1S/C28H29ClFN7O2/c1-39-13-12-35-17-23(20-14-21(30)16-32-15-20)24(18-35)36(31)28(38)33-27-25(29)26(19-8-4-2-5-9-19)34-37(27)22-10-6-3-7-11-22/h2-11,14-16,23-24H,12-13,17-18,31H2,1H3,(H,33,38)/t23-,24+/m0/s1. The van der Waals surface area contributed by atoms with Gasteiger partial charge in [-0.15, -0.1) is 0 Å². The summed E-state index contributed by atoms with van der Waals surface area (Å²) in [7, 11) is 1.63. The third-order valence-electron chi connectivity index (χ3n) is 6.82. The minimum atomic E-state index is -0.568. The van der Waals surface area contributed by atoms with Crippen molar-refractivity contribution in [1.29, 1.82) is 0 Å². The van der Waals surface area contributed by atoms with E-state index in [0.29, 0.717) is 43.3 Å². The van der Waals surface area contributed by atoms with Crippen molar-refractivity contribution in [3.63, 3.8) is 0 Å². The van der Waals surface area contributed by atoms with Crippen LogP contribution in [0.3, 0.4) is 0 Å². The summed E-state index contributed by atoms with van der Waals surface area (Å²) < 4.78 is 20.9. The number of ether oxygens (including phenoxy) is 1. The van der Waals surface area contributed by atoms with E-state index in [1.165, 1.54) is 6.07 Å². The van der Waals surface area contributed by atoms with E-state index >= 15 is 0 Å². The number of pyridine rings is 1. The van der Waals surface area contributed by atoms with Gasteiger partial charge in [0.2, 0.25) is 0 Å². The number of halogens is 2. The van der Waals surface area contributed by atoms with E-state index in [0.717, 1.165) is 22.5 Å². The fourth-order valence-electron chi connectivity index (χ4n) is 4.87. The quantitative estimate of drug-likeness (QED) is 0.190. The number of methoxy groups -OCH3 is 1. The van der Waals surface area contributed by atoms with E-state index in [1.807, 2.05) is 60.7 Å². The molecule has 3 heterocycles. The number of nitrogens with two attached hydrogens (primary N) is 1. The molecule has 4 aromatic rings. The maximum Gasteiger partial charge on any atom is 0.337 e. The van der Waals surface area contributed by atoms with Gasteiger partial charge < -0.3 is 4.74 Å². The molecule has 9 nitrogen and oxygen atoms in total. The Morgan fingerprint density at radius 3 is 2.56 bits per heavy atom. The molecule has 1 aliphatic rings. The fraction of sp³-hybridized carbons (Fsp3) is 0.250. The Labute approximate surface area is 230 Å². The Morgan fingerprint density at radius 2 is 1.87 bits per heavy atom. The van der Waals surface area contributed by atoms with Crippen LogP contribution in [0.4, 0.5) is 15.0 Å². The first-order valence-electron chi connectivity index (χ1n) is 12.5. The zero-order valence-corrected chi connectivity index (χ0v) is 22.1. The highest BCUT2D eigenvalue weighted by atomic mass is 35.5. The molecule has 0 aliphatic carbocycles. The van der Waals surface area contributed by atoms with Crippen LogP contribution in [-0.2, 0) is 4.74 Å². The molecular weight excluding hydrogens is 521 g/mol. The van der Waals surface area contributed by atoms with Crippen LogP contribution in [0.25, 0.3) is 16.9 Å². The van der Waals surface area contributed by atoms with Gasteiger partial charge in [-0.3, -0.25) is 20.2 Å². The third kappa shape index (κ3) is 5.79. The lowest BCUT2D eigenvalue weighted by atomic mass is 9.95. The summed E-state index contributed by atoms with van der Waals surface area (Å²) in [6.07, 6.45) is 2.76. The number of hydrogen-bond acceptors (Lipinski definition) is 6. The Bertz CT molecular complexity index is 1420. The molecule has 1 aliphatic heterocycles. The highest BCUT2D eigenvalue weighted by molar-refractivity contribution is 6.36. The van der Waals surface area contributed by atoms with E-state index in [4.69, 9.17) is 27.3 Å². The molecule has 5 rings (SSSR count). The minimum absolute atomic E-state index is 0.254. The van der Waals surface area contributed by atoms with Crippen LogP contribution < -0.4 is 11.2 Å². The Hall–Kier alpha value is -3.83. The van der Waals surface area contributed by atoms with E-state index in [9.17, 15) is 9.18 Å². The average molecular weight is 550 g/mol. The van der Waals surface area contributed by atoms with Crippen molar-refractivity contribution < 1.29 is 13.9 Å². The predicted molar refractivity (Wildman–Crippen MR) is 148 cm³/mol. The van der Waals surface area contributed by atoms with Gasteiger partial charge in [-0.2, -0.15) is 5.10 Å². The van der Waals surface area contributed by atoms with Crippen molar-refractivity contribution in [2.45, 2.75) is 12.0 Å². The van der Waals surface area contributed by atoms with Crippen molar-refractivity contribution in [3.8, 4) is 16.9 Å². The molecule has 1 fully saturated rings. The number of carbonyl (C=O) groups excluding carboxylic acids is 1. The second kappa shape index (κ2) is 11.9. The Balaban J connectivity index is 1.45. The monoisotopic (exact) mass is 549 g/mol. The van der Waals surface area contributed by atoms with Crippen LogP contribution in [0.2, 0.25) is 5.02 Å². The number of likely N-dealkylation sites (tertiary alicyclic amines) is 1. The average Bonchev–Trinajstić information content (AvgIpc) is 3.54. The van der Waals surface area contributed by atoms with Gasteiger partial charge >= 0.3 is 6.03 Å². The molecule has 0 radical (unpaired) electrons. The van der Waals surface area contributed by atoms with Crippen molar-refractivity contribution >= 4 is 23.4 Å². The molecule has 0 saturated carbocycles. The number of para-hydroxylation sites is 1. The van der Waals surface area contributed by atoms with E-state index < -0.39 is 17.9 Å². The predicted octanol–water partition coefficient (Wildman–Crippen LogP) is 4.55. The van der Waals surface area contributed by atoms with E-state index in [1.54, 1.807) is 18.0 Å². The summed E-state index contributed by atoms with van der Waals surface area (Å²) in [6, 6.07) is 19.3. The summed E-state index contributed by atoms with van der Waals surface area (Å²) >= 11 is 6.82. The second-order valence-electron chi connectivity index (χ2n) is 9.32. The lowest BCUT2D eigenvalue weighted by Gasteiger charge is -2.28. The van der Waals surface area contributed by atoms with Crippen molar-refractivity contribution in [1.82, 2.24) is 24.7 Å². The van der Waals surface area contributed by atoms with E-state index in [-0.39, 0.29) is 10.9 Å². The van der Waals surface area contributed by atoms with Crippen molar-refractivity contribution in [3.05, 3.63) is 95.5 Å². The first-order chi connectivity index (χ1) is 19.0. The lowest BCUT2D eigenvalue weighted by Crippen LogP contribution is -2.51. The fourth-order valence-corrected chi connectivity index (χ4v) is 5.14. The second-order valence-corrected chi connectivity index (χ2v) is 9.70. The number of aromatic nitrogens is 3. The zero-order valence-electron chi connectivity index (χ0n) is 21.4. The number of rotatable bonds is 8. The van der Waals surface area contributed by atoms with Crippen LogP contribution in [0.5, 0.6) is 0 Å². The van der Waals surface area contributed by atoms with Crippen LogP contribution in [-0.4, -0.2) is 70.1 Å². The van der Waals surface area contributed by atoms with Crippen LogP contribution in [0.1, 0.15) is 11.5 Å². The van der Waals surface area contributed by atoms with Gasteiger partial charge in [0.1, 0.15) is 16.5 Å². The van der Waals surface area contributed by atoms with Crippen LogP contribution >= 0.6 is 11.6 Å². The first-order valence-corrected chi connectivity index (χ1v) is 12.9. The van der Waals surface area contributed by atoms with Gasteiger partial charge in [-0.05, 0) is 23.8 Å². The van der Waals surface area contributed by atoms with Gasteiger partial charge in [-0.1, -0.05) is 60.1 Å². The summed E-state index contributed by atoms with van der Waals surface area (Å²) in [6.45, 7) is 2.22. The summed E-state index contributed by atoms with van der Waals surface area (Å²) in [5.41, 5.74) is 2.72. The van der Waals surface area contributed by atoms with Crippen LogP contribution in [0, 0.1) is 5.82 Å². The van der Waals surface area contributed by atoms with E-state index in [2.05, 4.69) is 15.2 Å². The number of benzene rings is 2. The molecule has 202 valence electrons. The molecule has 2 aromatic carbocycles. The first kappa shape index (κ1) is 26.8. The highest BCUT2D eigenvalue weighted by Gasteiger charge is 2.39. The van der Waals surface area contributed by atoms with Gasteiger partial charge in [0.05, 0.1) is 24.5 Å². The topological polar surface area (TPSA) is 102 Å². The molecule has 0 spiro atoms. The number of amides is 2. The number of carbonyl (C=O) groups is 1. The number of urea groups is 1. The molecule has 2 atom stereocenters.